The molecule has 13 heavy (non-hydrogen) atoms. The second kappa shape index (κ2) is 6.17. The Morgan fingerprint density at radius 3 is 2.38 bits per heavy atom. The van der Waals surface area contributed by atoms with E-state index in [4.69, 9.17) is 4.74 Å². The van der Waals surface area contributed by atoms with Gasteiger partial charge < -0.3 is 4.74 Å². The number of ketones is 1. The second-order valence-corrected chi connectivity index (χ2v) is 2.61. The van der Waals surface area contributed by atoms with E-state index in [2.05, 4.69) is 13.2 Å². The summed E-state index contributed by atoms with van der Waals surface area (Å²) in [5.74, 6) is -1.42. The van der Waals surface area contributed by atoms with Gasteiger partial charge in [-0.25, -0.2) is 0 Å². The molecule has 0 N–H and O–H groups in total. The predicted molar refractivity (Wildman–Crippen MR) is 50.1 cm³/mol. The SMILES string of the molecule is C=CCOC(=O)[C@@H](CC=C)C(C)=O. The van der Waals surface area contributed by atoms with Gasteiger partial charge in [0.2, 0.25) is 0 Å². The number of hydrogen-bond acceptors (Lipinski definition) is 3. The fourth-order valence-electron chi connectivity index (χ4n) is 0.836. The molecule has 0 saturated carbocycles. The molecule has 0 unspecified atom stereocenters. The number of ether oxygens (including phenoxy) is 1. The maximum absolute atomic E-state index is 11.2. The minimum atomic E-state index is -0.711. The van der Waals surface area contributed by atoms with Crippen molar-refractivity contribution in [2.45, 2.75) is 13.3 Å². The van der Waals surface area contributed by atoms with Crippen molar-refractivity contribution in [3.8, 4) is 0 Å². The molecule has 72 valence electrons. The molecule has 0 amide bonds. The molecule has 0 spiro atoms. The van der Waals surface area contributed by atoms with E-state index in [1.165, 1.54) is 19.1 Å². The Morgan fingerprint density at radius 2 is 2.00 bits per heavy atom. The molecular weight excluding hydrogens is 168 g/mol. The number of allylic oxidation sites excluding steroid dienone is 1. The van der Waals surface area contributed by atoms with Gasteiger partial charge in [-0.05, 0) is 13.3 Å². The van der Waals surface area contributed by atoms with Crippen LogP contribution in [0.25, 0.3) is 0 Å². The first-order valence-corrected chi connectivity index (χ1v) is 4.02. The van der Waals surface area contributed by atoms with Gasteiger partial charge in [0.25, 0.3) is 0 Å². The third kappa shape index (κ3) is 4.25. The Bertz CT molecular complexity index is 218. The van der Waals surface area contributed by atoms with Crippen molar-refractivity contribution in [1.29, 1.82) is 0 Å². The highest BCUT2D eigenvalue weighted by Gasteiger charge is 2.22. The number of esters is 1. The van der Waals surface area contributed by atoms with Crippen LogP contribution in [0.3, 0.4) is 0 Å². The summed E-state index contributed by atoms with van der Waals surface area (Å²) in [5, 5.41) is 0. The van der Waals surface area contributed by atoms with E-state index >= 15 is 0 Å². The standard InChI is InChI=1S/C10H14O3/c1-4-6-9(8(3)11)10(12)13-7-5-2/h4-5,9H,1-2,6-7H2,3H3/t9-/m0/s1. The van der Waals surface area contributed by atoms with Crippen LogP contribution in [0.2, 0.25) is 0 Å². The van der Waals surface area contributed by atoms with Gasteiger partial charge in [-0.2, -0.15) is 0 Å². The van der Waals surface area contributed by atoms with Crippen molar-refractivity contribution in [1.82, 2.24) is 0 Å². The lowest BCUT2D eigenvalue weighted by molar-refractivity contribution is -0.150. The third-order valence-electron chi connectivity index (χ3n) is 1.52. The zero-order chi connectivity index (χ0) is 10.3. The molecule has 0 heterocycles. The summed E-state index contributed by atoms with van der Waals surface area (Å²) in [4.78, 5) is 22.2. The maximum Gasteiger partial charge on any atom is 0.317 e. The van der Waals surface area contributed by atoms with Gasteiger partial charge in [0.05, 0.1) is 0 Å². The molecule has 0 fully saturated rings. The van der Waals surface area contributed by atoms with Crippen LogP contribution in [-0.2, 0) is 14.3 Å². The Labute approximate surface area is 78.1 Å². The van der Waals surface area contributed by atoms with Gasteiger partial charge in [-0.1, -0.05) is 18.7 Å². The molecule has 0 aromatic rings. The summed E-state index contributed by atoms with van der Waals surface area (Å²) in [7, 11) is 0. The molecule has 0 aromatic heterocycles. The first-order chi connectivity index (χ1) is 6.13. The van der Waals surface area contributed by atoms with Crippen LogP contribution in [0.15, 0.2) is 25.3 Å². The zero-order valence-electron chi connectivity index (χ0n) is 7.79. The van der Waals surface area contributed by atoms with Crippen molar-refractivity contribution in [3.05, 3.63) is 25.3 Å². The molecule has 1 atom stereocenters. The van der Waals surface area contributed by atoms with Crippen LogP contribution in [0, 0.1) is 5.92 Å². The molecule has 0 aromatic carbocycles. The minimum Gasteiger partial charge on any atom is -0.461 e. The molecule has 3 heteroatoms. The van der Waals surface area contributed by atoms with Crippen LogP contribution in [0.5, 0.6) is 0 Å². The molecule has 0 aliphatic carbocycles. The van der Waals surface area contributed by atoms with Gasteiger partial charge in [0.15, 0.2) is 0 Å². The smallest absolute Gasteiger partial charge is 0.317 e. The highest BCUT2D eigenvalue weighted by molar-refractivity contribution is 5.97. The Balaban J connectivity index is 4.18. The first-order valence-electron chi connectivity index (χ1n) is 4.02. The second-order valence-electron chi connectivity index (χ2n) is 2.61. The Hall–Kier alpha value is -1.38. The molecule has 0 aliphatic rings. The van der Waals surface area contributed by atoms with E-state index < -0.39 is 11.9 Å². The summed E-state index contributed by atoms with van der Waals surface area (Å²) in [5.41, 5.74) is 0. The molecule has 0 rings (SSSR count). The van der Waals surface area contributed by atoms with E-state index in [0.29, 0.717) is 6.42 Å². The highest BCUT2D eigenvalue weighted by atomic mass is 16.5. The average molecular weight is 182 g/mol. The topological polar surface area (TPSA) is 43.4 Å². The van der Waals surface area contributed by atoms with E-state index in [-0.39, 0.29) is 12.4 Å². The molecular formula is C10H14O3. The summed E-state index contributed by atoms with van der Waals surface area (Å²) >= 11 is 0. The van der Waals surface area contributed by atoms with Crippen molar-refractivity contribution in [2.75, 3.05) is 6.61 Å². The monoisotopic (exact) mass is 182 g/mol. The van der Waals surface area contributed by atoms with Crippen molar-refractivity contribution in [3.63, 3.8) is 0 Å². The van der Waals surface area contributed by atoms with Gasteiger partial charge in [-0.15, -0.1) is 6.58 Å². The molecule has 0 saturated heterocycles. The van der Waals surface area contributed by atoms with E-state index in [9.17, 15) is 9.59 Å². The van der Waals surface area contributed by atoms with Crippen LogP contribution < -0.4 is 0 Å². The Kier molecular flexibility index (Phi) is 5.52. The molecule has 0 bridgehead atoms. The van der Waals surface area contributed by atoms with Crippen LogP contribution in [0.1, 0.15) is 13.3 Å². The van der Waals surface area contributed by atoms with Crippen molar-refractivity contribution in [2.24, 2.45) is 5.92 Å². The highest BCUT2D eigenvalue weighted by Crippen LogP contribution is 2.07. The van der Waals surface area contributed by atoms with Gasteiger partial charge in [0, 0.05) is 0 Å². The van der Waals surface area contributed by atoms with E-state index in [1.54, 1.807) is 0 Å². The predicted octanol–water partition coefficient (Wildman–Crippen LogP) is 1.50. The summed E-state index contributed by atoms with van der Waals surface area (Å²) in [6, 6.07) is 0. The quantitative estimate of drug-likeness (QED) is 0.355. The van der Waals surface area contributed by atoms with Crippen molar-refractivity contribution < 1.29 is 14.3 Å². The largest absolute Gasteiger partial charge is 0.461 e. The summed E-state index contributed by atoms with van der Waals surface area (Å²) in [6.45, 7) is 8.37. The number of Topliss-reactive ketones (excluding diaryl/α,β-unsaturated/α-hetero) is 1. The number of hydrogen-bond donors (Lipinski definition) is 0. The number of carbonyl (C=O) groups excluding carboxylic acids is 2. The zero-order valence-corrected chi connectivity index (χ0v) is 7.79. The van der Waals surface area contributed by atoms with Crippen LogP contribution in [-0.4, -0.2) is 18.4 Å². The lowest BCUT2D eigenvalue weighted by atomic mass is 10.0. The maximum atomic E-state index is 11.2. The number of rotatable bonds is 6. The van der Waals surface area contributed by atoms with Crippen LogP contribution in [0.4, 0.5) is 0 Å². The Morgan fingerprint density at radius 1 is 1.38 bits per heavy atom. The molecule has 0 aliphatic heterocycles. The minimum absolute atomic E-state index is 0.139. The fourth-order valence-corrected chi connectivity index (χ4v) is 0.836. The van der Waals surface area contributed by atoms with E-state index in [0.717, 1.165) is 0 Å². The summed E-state index contributed by atoms with van der Waals surface area (Å²) < 4.78 is 4.74. The summed E-state index contributed by atoms with van der Waals surface area (Å²) in [6.07, 6.45) is 3.32. The lowest BCUT2D eigenvalue weighted by Crippen LogP contribution is -2.23. The molecule has 3 nitrogen and oxygen atoms in total. The lowest BCUT2D eigenvalue weighted by Gasteiger charge is -2.09. The molecule has 0 radical (unpaired) electrons. The average Bonchev–Trinajstić information content (AvgIpc) is 2.09. The van der Waals surface area contributed by atoms with Crippen LogP contribution >= 0.6 is 0 Å². The van der Waals surface area contributed by atoms with E-state index in [1.807, 2.05) is 0 Å². The van der Waals surface area contributed by atoms with Gasteiger partial charge in [0.1, 0.15) is 18.3 Å². The number of carbonyl (C=O) groups is 2. The first kappa shape index (κ1) is 11.6. The van der Waals surface area contributed by atoms with Crippen molar-refractivity contribution >= 4 is 11.8 Å². The van der Waals surface area contributed by atoms with Gasteiger partial charge >= 0.3 is 5.97 Å². The fraction of sp³-hybridized carbons (Fsp3) is 0.400. The van der Waals surface area contributed by atoms with Gasteiger partial charge in [-0.3, -0.25) is 9.59 Å². The normalized spacial score (nSPS) is 11.5. The third-order valence-corrected chi connectivity index (χ3v) is 1.52.